The molecule has 4 aromatic rings. The summed E-state index contributed by atoms with van der Waals surface area (Å²) >= 11 is 7.06. The monoisotopic (exact) mass is 508 g/mol. The summed E-state index contributed by atoms with van der Waals surface area (Å²) in [6.07, 6.45) is 2.16. The largest absolute Gasteiger partial charge is 0.321 e. The van der Waals surface area contributed by atoms with Gasteiger partial charge in [-0.2, -0.15) is 0 Å². The summed E-state index contributed by atoms with van der Waals surface area (Å²) in [5.74, 6) is -1.06. The van der Waals surface area contributed by atoms with Gasteiger partial charge in [0.2, 0.25) is 0 Å². The number of aromatic nitrogens is 2. The average molecular weight is 509 g/mol. The molecule has 0 spiro atoms. The first kappa shape index (κ1) is 24.6. The molecule has 2 heterocycles. The van der Waals surface area contributed by atoms with Crippen LogP contribution >= 0.6 is 22.9 Å². The Hall–Kier alpha value is -3.49. The third-order valence-corrected chi connectivity index (χ3v) is 6.86. The van der Waals surface area contributed by atoms with E-state index < -0.39 is 17.4 Å². The van der Waals surface area contributed by atoms with Crippen molar-refractivity contribution in [3.05, 3.63) is 91.3 Å². The van der Waals surface area contributed by atoms with Crippen molar-refractivity contribution < 1.29 is 9.59 Å². The van der Waals surface area contributed by atoms with E-state index in [9.17, 15) is 14.4 Å². The van der Waals surface area contributed by atoms with E-state index >= 15 is 0 Å². The molecule has 0 radical (unpaired) electrons. The minimum atomic E-state index is -0.553. The maximum absolute atomic E-state index is 13.5. The van der Waals surface area contributed by atoms with Gasteiger partial charge < -0.3 is 10.6 Å². The second kappa shape index (κ2) is 10.4. The molecule has 0 aliphatic rings. The summed E-state index contributed by atoms with van der Waals surface area (Å²) in [7, 11) is 0. The first-order valence-electron chi connectivity index (χ1n) is 11.3. The van der Waals surface area contributed by atoms with Gasteiger partial charge in [0, 0.05) is 28.2 Å². The lowest BCUT2D eigenvalue weighted by Crippen LogP contribution is -2.25. The molecular formula is C26H25ClN4O3S. The van der Waals surface area contributed by atoms with Gasteiger partial charge in [0.05, 0.1) is 0 Å². The highest BCUT2D eigenvalue weighted by atomic mass is 35.5. The van der Waals surface area contributed by atoms with Crippen LogP contribution in [0, 0.1) is 6.92 Å². The lowest BCUT2D eigenvalue weighted by molar-refractivity contribution is 0.0989. The van der Waals surface area contributed by atoms with Crippen molar-refractivity contribution in [2.45, 2.75) is 40.0 Å². The summed E-state index contributed by atoms with van der Waals surface area (Å²) < 4.78 is 1.22. The molecule has 2 amide bonds. The quantitative estimate of drug-likeness (QED) is 0.333. The molecule has 0 unspecified atom stereocenters. The minimum Gasteiger partial charge on any atom is -0.321 e. The van der Waals surface area contributed by atoms with Crippen LogP contribution in [0.3, 0.4) is 0 Å². The molecule has 2 aromatic carbocycles. The predicted molar refractivity (Wildman–Crippen MR) is 141 cm³/mol. The zero-order valence-electron chi connectivity index (χ0n) is 19.6. The molecule has 7 nitrogen and oxygen atoms in total. The van der Waals surface area contributed by atoms with Crippen molar-refractivity contribution in [1.82, 2.24) is 9.38 Å². The van der Waals surface area contributed by atoms with Crippen molar-refractivity contribution in [2.75, 3.05) is 10.6 Å². The van der Waals surface area contributed by atoms with Crippen LogP contribution in [-0.4, -0.2) is 21.2 Å². The molecule has 0 atom stereocenters. The standard InChI is InChI=1S/C26H25ClN4O3S/c1-4-8-18-14-21(32)31-22(24(33)30-20-10-7-6-9-16(20)5-2)23(35-26(31)28-18)25(34)29-19-12-11-17(27)13-15(19)3/h6-7,9-14H,4-5,8H2,1-3H3,(H,29,34)(H,30,33). The van der Waals surface area contributed by atoms with E-state index in [1.807, 2.05) is 39.0 Å². The Kier molecular flexibility index (Phi) is 7.33. The number of fused-ring (bicyclic) bond motifs is 1. The lowest BCUT2D eigenvalue weighted by Gasteiger charge is -2.11. The molecule has 0 saturated heterocycles. The summed E-state index contributed by atoms with van der Waals surface area (Å²) in [6.45, 7) is 5.81. The Labute approximate surface area is 211 Å². The fraction of sp³-hybridized carbons (Fsp3) is 0.231. The second-order valence-corrected chi connectivity index (χ2v) is 9.53. The lowest BCUT2D eigenvalue weighted by atomic mass is 10.1. The Balaban J connectivity index is 1.83. The number of carbonyl (C=O) groups is 2. The molecule has 2 N–H and O–H groups in total. The fourth-order valence-electron chi connectivity index (χ4n) is 3.84. The first-order chi connectivity index (χ1) is 16.8. The third kappa shape index (κ3) is 5.13. The smallest absolute Gasteiger partial charge is 0.274 e. The molecule has 0 fully saturated rings. The third-order valence-electron chi connectivity index (χ3n) is 5.58. The number of amides is 2. The Morgan fingerprint density at radius 2 is 1.77 bits per heavy atom. The van der Waals surface area contributed by atoms with Crippen LogP contribution < -0.4 is 16.2 Å². The number of hydrogen-bond acceptors (Lipinski definition) is 5. The van der Waals surface area contributed by atoms with Crippen molar-refractivity contribution >= 4 is 51.1 Å². The number of thiazole rings is 1. The van der Waals surface area contributed by atoms with Crippen LogP contribution in [0.1, 0.15) is 57.2 Å². The summed E-state index contributed by atoms with van der Waals surface area (Å²) in [6, 6.07) is 14.0. The summed E-state index contributed by atoms with van der Waals surface area (Å²) in [5, 5.41) is 6.28. The van der Waals surface area contributed by atoms with E-state index in [4.69, 9.17) is 11.6 Å². The van der Waals surface area contributed by atoms with E-state index in [0.717, 1.165) is 28.9 Å². The Morgan fingerprint density at radius 3 is 2.49 bits per heavy atom. The number of carbonyl (C=O) groups excluding carboxylic acids is 2. The van der Waals surface area contributed by atoms with E-state index in [-0.39, 0.29) is 10.6 Å². The minimum absolute atomic E-state index is 0.0411. The van der Waals surface area contributed by atoms with E-state index in [1.54, 1.807) is 24.3 Å². The highest BCUT2D eigenvalue weighted by molar-refractivity contribution is 7.19. The van der Waals surface area contributed by atoms with E-state index in [2.05, 4.69) is 15.6 Å². The SMILES string of the molecule is CCCc1cc(=O)n2c(C(=O)Nc3ccccc3CC)c(C(=O)Nc3ccc(Cl)cc3C)sc2n1. The second-order valence-electron chi connectivity index (χ2n) is 8.11. The van der Waals surface area contributed by atoms with Gasteiger partial charge in [0.25, 0.3) is 17.4 Å². The topological polar surface area (TPSA) is 92.6 Å². The Morgan fingerprint density at radius 1 is 1.03 bits per heavy atom. The zero-order valence-corrected chi connectivity index (χ0v) is 21.2. The van der Waals surface area contributed by atoms with Gasteiger partial charge in [-0.05, 0) is 55.2 Å². The number of nitrogens with one attached hydrogen (secondary N) is 2. The van der Waals surface area contributed by atoms with Gasteiger partial charge in [-0.15, -0.1) is 0 Å². The number of anilines is 2. The molecule has 0 aliphatic heterocycles. The average Bonchev–Trinajstić information content (AvgIpc) is 3.22. The van der Waals surface area contributed by atoms with Gasteiger partial charge in [-0.3, -0.25) is 14.4 Å². The molecule has 4 rings (SSSR count). The van der Waals surface area contributed by atoms with Gasteiger partial charge in [0.15, 0.2) is 4.96 Å². The van der Waals surface area contributed by atoms with Crippen molar-refractivity contribution in [3.63, 3.8) is 0 Å². The van der Waals surface area contributed by atoms with Gasteiger partial charge in [0.1, 0.15) is 10.6 Å². The van der Waals surface area contributed by atoms with Gasteiger partial charge in [-0.25, -0.2) is 9.38 Å². The Bertz CT molecular complexity index is 1490. The predicted octanol–water partition coefficient (Wildman–Crippen LogP) is 5.74. The fourth-order valence-corrected chi connectivity index (χ4v) is 5.11. The zero-order chi connectivity index (χ0) is 25.1. The van der Waals surface area contributed by atoms with Crippen LogP contribution in [0.15, 0.2) is 53.3 Å². The number of benzene rings is 2. The molecule has 0 bridgehead atoms. The van der Waals surface area contributed by atoms with Crippen LogP contribution in [0.2, 0.25) is 5.02 Å². The van der Waals surface area contributed by atoms with Gasteiger partial charge >= 0.3 is 0 Å². The van der Waals surface area contributed by atoms with E-state index in [0.29, 0.717) is 39.9 Å². The van der Waals surface area contributed by atoms with Crippen LogP contribution in [0.5, 0.6) is 0 Å². The highest BCUT2D eigenvalue weighted by Crippen LogP contribution is 2.26. The number of rotatable bonds is 7. The molecule has 2 aromatic heterocycles. The number of hydrogen-bond donors (Lipinski definition) is 2. The van der Waals surface area contributed by atoms with E-state index in [1.165, 1.54) is 10.5 Å². The molecule has 9 heteroatoms. The number of nitrogens with zero attached hydrogens (tertiary/aromatic N) is 2. The van der Waals surface area contributed by atoms with Crippen LogP contribution in [0.25, 0.3) is 4.96 Å². The van der Waals surface area contributed by atoms with Crippen molar-refractivity contribution in [1.29, 1.82) is 0 Å². The maximum atomic E-state index is 13.5. The van der Waals surface area contributed by atoms with Crippen LogP contribution in [-0.2, 0) is 12.8 Å². The normalized spacial score (nSPS) is 11.0. The van der Waals surface area contributed by atoms with Crippen LogP contribution in [0.4, 0.5) is 11.4 Å². The number of aryl methyl sites for hydroxylation is 3. The first-order valence-corrected chi connectivity index (χ1v) is 12.5. The summed E-state index contributed by atoms with van der Waals surface area (Å²) in [4.78, 5) is 44.9. The molecule has 0 aliphatic carbocycles. The molecular weight excluding hydrogens is 484 g/mol. The molecule has 180 valence electrons. The van der Waals surface area contributed by atoms with Crippen molar-refractivity contribution in [3.8, 4) is 0 Å². The highest BCUT2D eigenvalue weighted by Gasteiger charge is 2.27. The van der Waals surface area contributed by atoms with Gasteiger partial charge in [-0.1, -0.05) is 61.4 Å². The summed E-state index contributed by atoms with van der Waals surface area (Å²) in [5.41, 5.74) is 3.09. The number of para-hydroxylation sites is 1. The number of halogens is 1. The molecule has 35 heavy (non-hydrogen) atoms. The maximum Gasteiger partial charge on any atom is 0.274 e. The van der Waals surface area contributed by atoms with Crippen molar-refractivity contribution in [2.24, 2.45) is 0 Å². The molecule has 0 saturated carbocycles.